The molecule has 292 valence electrons. The number of thiophene rings is 1. The van der Waals surface area contributed by atoms with Crippen LogP contribution in [0.4, 0.5) is 0 Å². The molecule has 1 aliphatic carbocycles. The monoisotopic (exact) mass is 814 g/mol. The van der Waals surface area contributed by atoms with Gasteiger partial charge in [-0.15, -0.1) is 11.3 Å². The Morgan fingerprint density at radius 1 is 0.286 bits per heavy atom. The van der Waals surface area contributed by atoms with Gasteiger partial charge in [-0.05, 0) is 147 Å². The molecule has 0 atom stereocenters. The predicted octanol–water partition coefficient (Wildman–Crippen LogP) is 18.2. The molecule has 1 heterocycles. The van der Waals surface area contributed by atoms with E-state index >= 15 is 0 Å². The first-order valence-electron chi connectivity index (χ1n) is 22.0. The molecular formula is C62H38S. The highest BCUT2D eigenvalue weighted by Gasteiger charge is 2.31. The van der Waals surface area contributed by atoms with Crippen LogP contribution in [0.3, 0.4) is 0 Å². The summed E-state index contributed by atoms with van der Waals surface area (Å²) in [5, 5.41) is 15.7. The third-order valence-electron chi connectivity index (χ3n) is 14.1. The topological polar surface area (TPSA) is 0 Å². The van der Waals surface area contributed by atoms with Gasteiger partial charge in [0.15, 0.2) is 0 Å². The number of hydrogen-bond acceptors (Lipinski definition) is 1. The molecule has 0 radical (unpaired) electrons. The zero-order valence-electron chi connectivity index (χ0n) is 34.9. The summed E-state index contributed by atoms with van der Waals surface area (Å²) >= 11 is 1.92. The zero-order chi connectivity index (χ0) is 41.5. The molecule has 0 unspecified atom stereocenters. The first kappa shape index (κ1) is 35.1. The minimum absolute atomic E-state index is 1.25. The molecule has 0 aliphatic heterocycles. The number of hydrogen-bond donors (Lipinski definition) is 0. The molecule has 1 aliphatic rings. The van der Waals surface area contributed by atoms with Crippen LogP contribution in [-0.4, -0.2) is 0 Å². The SMILES string of the molecule is Cc1ccc(-c2c3c(c(-c4ccc(C)cc4)c4ccccc24)-c2ccc(-c4cc(-c5ccc6ccc7cccc8ccc5c6c78)cc5c4sc4ccccc45)c4cccc-3c24)cc1. The molecule has 1 aromatic heterocycles. The van der Waals surface area contributed by atoms with Crippen molar-refractivity contribution in [2.24, 2.45) is 0 Å². The van der Waals surface area contributed by atoms with E-state index in [1.54, 1.807) is 0 Å². The van der Waals surface area contributed by atoms with Crippen LogP contribution in [0.5, 0.6) is 0 Å². The summed E-state index contributed by atoms with van der Waals surface area (Å²) in [5.41, 5.74) is 18.0. The van der Waals surface area contributed by atoms with E-state index in [1.807, 2.05) is 11.3 Å². The van der Waals surface area contributed by atoms with Crippen molar-refractivity contribution in [3.05, 3.63) is 205 Å². The van der Waals surface area contributed by atoms with E-state index in [-0.39, 0.29) is 0 Å². The van der Waals surface area contributed by atoms with Crippen LogP contribution in [0.15, 0.2) is 194 Å². The average molecular weight is 815 g/mol. The van der Waals surface area contributed by atoms with Crippen molar-refractivity contribution < 1.29 is 0 Å². The van der Waals surface area contributed by atoms with Gasteiger partial charge in [0.05, 0.1) is 0 Å². The Labute approximate surface area is 369 Å². The fourth-order valence-electron chi connectivity index (χ4n) is 11.2. The van der Waals surface area contributed by atoms with E-state index in [4.69, 9.17) is 0 Å². The smallest absolute Gasteiger partial charge is 0.0434 e. The Bertz CT molecular complexity index is 3950. The van der Waals surface area contributed by atoms with Gasteiger partial charge in [0.2, 0.25) is 0 Å². The summed E-state index contributed by atoms with van der Waals surface area (Å²) < 4.78 is 2.65. The van der Waals surface area contributed by atoms with Crippen molar-refractivity contribution in [1.82, 2.24) is 0 Å². The second kappa shape index (κ2) is 13.0. The molecule has 0 fully saturated rings. The highest BCUT2D eigenvalue weighted by molar-refractivity contribution is 7.26. The van der Waals surface area contributed by atoms with Crippen molar-refractivity contribution in [2.75, 3.05) is 0 Å². The van der Waals surface area contributed by atoms with Gasteiger partial charge in [0, 0.05) is 25.7 Å². The van der Waals surface area contributed by atoms with Crippen molar-refractivity contribution in [3.8, 4) is 66.8 Å². The summed E-state index contributed by atoms with van der Waals surface area (Å²) in [4.78, 5) is 0. The van der Waals surface area contributed by atoms with Gasteiger partial charge in [0.1, 0.15) is 0 Å². The summed E-state index contributed by atoms with van der Waals surface area (Å²) in [6.07, 6.45) is 0. The third-order valence-corrected chi connectivity index (χ3v) is 15.3. The first-order chi connectivity index (χ1) is 31.1. The third kappa shape index (κ3) is 4.92. The Hall–Kier alpha value is -7.58. The van der Waals surface area contributed by atoms with E-state index in [0.717, 1.165) is 0 Å². The van der Waals surface area contributed by atoms with Crippen molar-refractivity contribution in [3.63, 3.8) is 0 Å². The lowest BCUT2D eigenvalue weighted by molar-refractivity contribution is 1.47. The van der Waals surface area contributed by atoms with Gasteiger partial charge in [-0.25, -0.2) is 0 Å². The maximum absolute atomic E-state index is 2.50. The Kier molecular flexibility index (Phi) is 7.22. The average Bonchev–Trinajstić information content (AvgIpc) is 3.87. The highest BCUT2D eigenvalue weighted by Crippen LogP contribution is 2.59. The molecule has 0 saturated carbocycles. The standard InChI is InChI=1S/C62H38S/c1-35-17-21-39(22-18-35)57-47-12-3-4-13-48(47)58(40-23-19-36(2)20-24-40)61-51-32-31-44(46-14-8-15-50(59(46)51)60(57)61)52-33-42(34-53-45-11-5-6-16-54(45)63-62(52)53)43-29-27-41-26-25-37-9-7-10-38-28-30-49(43)56(41)55(37)38/h3-34H,1-2H3. The quantitative estimate of drug-likeness (QED) is 0.155. The summed E-state index contributed by atoms with van der Waals surface area (Å²) in [5.74, 6) is 0. The second-order valence-electron chi connectivity index (χ2n) is 17.6. The largest absolute Gasteiger partial charge is 0.135 e. The van der Waals surface area contributed by atoms with E-state index < -0.39 is 0 Å². The molecule has 0 saturated heterocycles. The lowest BCUT2D eigenvalue weighted by Crippen LogP contribution is -1.93. The predicted molar refractivity (Wildman–Crippen MR) is 274 cm³/mol. The number of rotatable bonds is 4. The van der Waals surface area contributed by atoms with E-state index in [0.29, 0.717) is 0 Å². The minimum atomic E-state index is 1.25. The van der Waals surface area contributed by atoms with Gasteiger partial charge in [-0.3, -0.25) is 0 Å². The lowest BCUT2D eigenvalue weighted by atomic mass is 9.82. The van der Waals surface area contributed by atoms with Crippen LogP contribution in [-0.2, 0) is 0 Å². The van der Waals surface area contributed by atoms with Gasteiger partial charge in [-0.1, -0.05) is 187 Å². The fourth-order valence-corrected chi connectivity index (χ4v) is 12.5. The van der Waals surface area contributed by atoms with E-state index in [9.17, 15) is 0 Å². The summed E-state index contributed by atoms with van der Waals surface area (Å²) in [6, 6.07) is 73.8. The molecule has 13 aromatic rings. The molecule has 0 N–H and O–H groups in total. The summed E-state index contributed by atoms with van der Waals surface area (Å²) in [7, 11) is 0. The molecule has 0 amide bonds. The maximum atomic E-state index is 2.50. The van der Waals surface area contributed by atoms with E-state index in [2.05, 4.69) is 208 Å². The van der Waals surface area contributed by atoms with Crippen LogP contribution < -0.4 is 0 Å². The Morgan fingerprint density at radius 3 is 1.51 bits per heavy atom. The maximum Gasteiger partial charge on any atom is 0.0434 e. The first-order valence-corrected chi connectivity index (χ1v) is 22.8. The molecule has 0 spiro atoms. The minimum Gasteiger partial charge on any atom is -0.135 e. The molecule has 1 heteroatoms. The van der Waals surface area contributed by atoms with Crippen molar-refractivity contribution in [2.45, 2.75) is 13.8 Å². The van der Waals surface area contributed by atoms with Crippen LogP contribution in [0, 0.1) is 13.8 Å². The highest BCUT2D eigenvalue weighted by atomic mass is 32.1. The van der Waals surface area contributed by atoms with Crippen molar-refractivity contribution in [1.29, 1.82) is 0 Å². The molecule has 0 nitrogen and oxygen atoms in total. The van der Waals surface area contributed by atoms with Crippen molar-refractivity contribution >= 4 is 85.4 Å². The van der Waals surface area contributed by atoms with E-state index in [1.165, 1.54) is 152 Å². The fraction of sp³-hybridized carbons (Fsp3) is 0.0323. The summed E-state index contributed by atoms with van der Waals surface area (Å²) in [6.45, 7) is 4.36. The van der Waals surface area contributed by atoms with Gasteiger partial charge >= 0.3 is 0 Å². The number of aryl methyl sites for hydroxylation is 2. The Morgan fingerprint density at radius 2 is 0.810 bits per heavy atom. The normalized spacial score (nSPS) is 12.3. The molecular weight excluding hydrogens is 777 g/mol. The van der Waals surface area contributed by atoms with Crippen LogP contribution in [0.2, 0.25) is 0 Å². The lowest BCUT2D eigenvalue weighted by Gasteiger charge is -2.20. The zero-order valence-corrected chi connectivity index (χ0v) is 35.7. The molecule has 14 rings (SSSR count). The second-order valence-corrected chi connectivity index (χ2v) is 18.7. The Balaban J connectivity index is 1.09. The molecule has 12 aromatic carbocycles. The molecule has 63 heavy (non-hydrogen) atoms. The van der Waals surface area contributed by atoms with Gasteiger partial charge < -0.3 is 0 Å². The van der Waals surface area contributed by atoms with Gasteiger partial charge in [-0.2, -0.15) is 0 Å². The van der Waals surface area contributed by atoms with Gasteiger partial charge in [0.25, 0.3) is 0 Å². The van der Waals surface area contributed by atoms with Crippen LogP contribution in [0.25, 0.3) is 141 Å². The van der Waals surface area contributed by atoms with Crippen LogP contribution >= 0.6 is 11.3 Å². The molecule has 0 bridgehead atoms. The number of fused-ring (bicyclic) bond motifs is 7. The van der Waals surface area contributed by atoms with Crippen LogP contribution in [0.1, 0.15) is 11.1 Å². The number of benzene rings is 12.